The van der Waals surface area contributed by atoms with Crippen LogP contribution in [0, 0.1) is 0 Å². The van der Waals surface area contributed by atoms with E-state index in [4.69, 9.17) is 0 Å². The van der Waals surface area contributed by atoms with E-state index in [0.29, 0.717) is 11.4 Å². The molecule has 2 aromatic rings. The van der Waals surface area contributed by atoms with Crippen molar-refractivity contribution in [1.29, 1.82) is 0 Å². The Morgan fingerprint density at radius 3 is 2.67 bits per heavy atom. The maximum atomic E-state index is 11.8. The van der Waals surface area contributed by atoms with E-state index >= 15 is 0 Å². The number of urea groups is 1. The fourth-order valence-electron chi connectivity index (χ4n) is 1.90. The molecular weight excluding hydrogens is 288 g/mol. The lowest BCUT2D eigenvalue weighted by molar-refractivity contribution is 0.250. The van der Waals surface area contributed by atoms with Crippen LogP contribution >= 0.6 is 0 Å². The average Bonchev–Trinajstić information content (AvgIpc) is 2.92. The van der Waals surface area contributed by atoms with Gasteiger partial charge in [0.15, 0.2) is 0 Å². The Hall–Kier alpha value is -2.15. The summed E-state index contributed by atoms with van der Waals surface area (Å²) in [5, 5.41) is 9.61. The van der Waals surface area contributed by atoms with Crippen molar-refractivity contribution in [2.24, 2.45) is 0 Å². The summed E-state index contributed by atoms with van der Waals surface area (Å²) in [5.74, 6) is 0.436. The maximum Gasteiger partial charge on any atom is 0.319 e. The summed E-state index contributed by atoms with van der Waals surface area (Å²) in [4.78, 5) is 11.8. The van der Waals surface area contributed by atoms with Crippen molar-refractivity contribution < 1.29 is 9.00 Å². The zero-order valence-corrected chi connectivity index (χ0v) is 12.8. The molecule has 1 heterocycles. The molecule has 0 aliphatic carbocycles. The maximum absolute atomic E-state index is 11.8. The monoisotopic (exact) mass is 306 g/mol. The number of nitrogens with zero attached hydrogens (tertiary/aromatic N) is 2. The van der Waals surface area contributed by atoms with Crippen LogP contribution in [0.15, 0.2) is 42.7 Å². The minimum Gasteiger partial charge on any atom is -0.334 e. The molecule has 0 bridgehead atoms. The van der Waals surface area contributed by atoms with Gasteiger partial charge in [0.1, 0.15) is 0 Å². The highest BCUT2D eigenvalue weighted by atomic mass is 32.2. The number of carbonyl (C=O) groups is 1. The Bertz CT molecular complexity index is 610. The zero-order valence-electron chi connectivity index (χ0n) is 11.9. The standard InChI is InChI=1S/C14H18N4O2S/c1-11(10-21(2)20)16-14(19)17-12-4-6-13(7-5-12)18-9-3-8-15-18/h3-9,11H,10H2,1-2H3,(H2,16,17,19)/t11-,21-/m1/s1. The van der Waals surface area contributed by atoms with Crippen molar-refractivity contribution >= 4 is 22.5 Å². The topological polar surface area (TPSA) is 76.0 Å². The van der Waals surface area contributed by atoms with Crippen LogP contribution in [-0.2, 0) is 10.8 Å². The van der Waals surface area contributed by atoms with Gasteiger partial charge >= 0.3 is 6.03 Å². The number of nitrogens with one attached hydrogen (secondary N) is 2. The van der Waals surface area contributed by atoms with Gasteiger partial charge in [0.05, 0.1) is 5.69 Å². The molecule has 1 aromatic carbocycles. The highest BCUT2D eigenvalue weighted by molar-refractivity contribution is 7.84. The van der Waals surface area contributed by atoms with Crippen LogP contribution in [-0.4, -0.2) is 38.1 Å². The van der Waals surface area contributed by atoms with Gasteiger partial charge in [-0.3, -0.25) is 4.21 Å². The minimum atomic E-state index is -0.931. The summed E-state index contributed by atoms with van der Waals surface area (Å²) in [6.45, 7) is 1.82. The molecule has 0 fully saturated rings. The number of aromatic nitrogens is 2. The third-order valence-electron chi connectivity index (χ3n) is 2.76. The number of hydrogen-bond acceptors (Lipinski definition) is 3. The Morgan fingerprint density at radius 2 is 2.10 bits per heavy atom. The molecule has 1 aromatic heterocycles. The summed E-state index contributed by atoms with van der Waals surface area (Å²) in [6.07, 6.45) is 5.17. The van der Waals surface area contributed by atoms with E-state index < -0.39 is 10.8 Å². The smallest absolute Gasteiger partial charge is 0.319 e. The highest BCUT2D eigenvalue weighted by Crippen LogP contribution is 2.12. The van der Waals surface area contributed by atoms with Crippen molar-refractivity contribution in [1.82, 2.24) is 15.1 Å². The lowest BCUT2D eigenvalue weighted by atomic mass is 10.3. The van der Waals surface area contributed by atoms with Gasteiger partial charge in [-0.25, -0.2) is 9.48 Å². The molecule has 7 heteroatoms. The summed E-state index contributed by atoms with van der Waals surface area (Å²) in [5.41, 5.74) is 1.61. The number of hydrogen-bond donors (Lipinski definition) is 2. The quantitative estimate of drug-likeness (QED) is 0.884. The normalized spacial score (nSPS) is 13.4. The number of anilines is 1. The largest absolute Gasteiger partial charge is 0.334 e. The van der Waals surface area contributed by atoms with Crippen LogP contribution in [0.2, 0.25) is 0 Å². The second-order valence-corrected chi connectivity index (χ2v) is 6.22. The Kier molecular flexibility index (Phi) is 5.10. The molecule has 112 valence electrons. The third-order valence-corrected chi connectivity index (χ3v) is 3.73. The minimum absolute atomic E-state index is 0.140. The second-order valence-electron chi connectivity index (χ2n) is 4.74. The van der Waals surface area contributed by atoms with Crippen molar-refractivity contribution in [3.05, 3.63) is 42.7 Å². The van der Waals surface area contributed by atoms with Crippen LogP contribution in [0.5, 0.6) is 0 Å². The third kappa shape index (κ3) is 4.71. The van der Waals surface area contributed by atoms with Crippen LogP contribution in [0.3, 0.4) is 0 Å². The predicted octanol–water partition coefficient (Wildman–Crippen LogP) is 1.76. The Morgan fingerprint density at radius 1 is 1.38 bits per heavy atom. The molecule has 0 spiro atoms. The van der Waals surface area contributed by atoms with E-state index in [-0.39, 0.29) is 12.1 Å². The molecule has 0 saturated carbocycles. The van der Waals surface area contributed by atoms with Gasteiger partial charge in [0.25, 0.3) is 0 Å². The fraction of sp³-hybridized carbons (Fsp3) is 0.286. The van der Waals surface area contributed by atoms with Gasteiger partial charge < -0.3 is 10.6 Å². The van der Waals surface area contributed by atoms with E-state index in [0.717, 1.165) is 5.69 Å². The van der Waals surface area contributed by atoms with E-state index in [1.165, 1.54) is 0 Å². The van der Waals surface area contributed by atoms with E-state index in [1.54, 1.807) is 29.3 Å². The molecule has 2 N–H and O–H groups in total. The van der Waals surface area contributed by atoms with Crippen molar-refractivity contribution in [2.75, 3.05) is 17.3 Å². The van der Waals surface area contributed by atoms with Gasteiger partial charge in [-0.2, -0.15) is 5.10 Å². The molecule has 0 unspecified atom stereocenters. The summed E-state index contributed by atoms with van der Waals surface area (Å²) in [7, 11) is -0.931. The number of carbonyl (C=O) groups excluding carboxylic acids is 1. The second kappa shape index (κ2) is 7.03. The molecule has 21 heavy (non-hydrogen) atoms. The first-order valence-electron chi connectivity index (χ1n) is 6.52. The molecule has 2 rings (SSSR count). The summed E-state index contributed by atoms with van der Waals surface area (Å²) >= 11 is 0. The Balaban J connectivity index is 1.91. The van der Waals surface area contributed by atoms with Gasteiger partial charge in [0.2, 0.25) is 0 Å². The first kappa shape index (κ1) is 15.2. The molecular formula is C14H18N4O2S. The van der Waals surface area contributed by atoms with Gasteiger partial charge in [-0.05, 0) is 37.3 Å². The molecule has 0 saturated heterocycles. The van der Waals surface area contributed by atoms with Crippen molar-refractivity contribution in [3.8, 4) is 5.69 Å². The molecule has 2 amide bonds. The van der Waals surface area contributed by atoms with Crippen molar-refractivity contribution in [2.45, 2.75) is 13.0 Å². The lowest BCUT2D eigenvalue weighted by Crippen LogP contribution is -2.39. The number of amides is 2. The average molecular weight is 306 g/mol. The summed E-state index contributed by atoms with van der Waals surface area (Å²) < 4.78 is 12.8. The molecule has 6 nitrogen and oxygen atoms in total. The van der Waals surface area contributed by atoms with Gasteiger partial charge in [0, 0.05) is 46.9 Å². The SMILES string of the molecule is C[C@H](C[S@@](C)=O)NC(=O)Nc1ccc(-n2cccn2)cc1. The van der Waals surface area contributed by atoms with E-state index in [1.807, 2.05) is 31.3 Å². The number of benzene rings is 1. The molecule has 0 aliphatic heterocycles. The van der Waals surface area contributed by atoms with E-state index in [2.05, 4.69) is 15.7 Å². The van der Waals surface area contributed by atoms with Crippen LogP contribution < -0.4 is 10.6 Å². The number of rotatable bonds is 5. The summed E-state index contributed by atoms with van der Waals surface area (Å²) in [6, 6.07) is 8.75. The van der Waals surface area contributed by atoms with Crippen LogP contribution in [0.1, 0.15) is 6.92 Å². The van der Waals surface area contributed by atoms with Crippen molar-refractivity contribution in [3.63, 3.8) is 0 Å². The fourth-order valence-corrected chi connectivity index (χ4v) is 2.69. The molecule has 0 aliphatic rings. The first-order chi connectivity index (χ1) is 10.0. The van der Waals surface area contributed by atoms with Crippen LogP contribution in [0.4, 0.5) is 10.5 Å². The Labute approximate surface area is 126 Å². The molecule has 0 radical (unpaired) electrons. The lowest BCUT2D eigenvalue weighted by Gasteiger charge is -2.13. The van der Waals surface area contributed by atoms with Gasteiger partial charge in [-0.1, -0.05) is 0 Å². The predicted molar refractivity (Wildman–Crippen MR) is 84.1 cm³/mol. The van der Waals surface area contributed by atoms with Gasteiger partial charge in [-0.15, -0.1) is 0 Å². The van der Waals surface area contributed by atoms with Crippen LogP contribution in [0.25, 0.3) is 5.69 Å². The highest BCUT2D eigenvalue weighted by Gasteiger charge is 2.08. The van der Waals surface area contributed by atoms with E-state index in [9.17, 15) is 9.00 Å². The first-order valence-corrected chi connectivity index (χ1v) is 8.25. The molecule has 2 atom stereocenters. The zero-order chi connectivity index (χ0) is 15.2.